The molecule has 0 bridgehead atoms. The molecule has 0 atom stereocenters. The molecule has 1 aliphatic heterocycles. The van der Waals surface area contributed by atoms with Crippen LogP contribution in [0.25, 0.3) is 0 Å². The molecule has 1 amide bonds. The molecule has 10 heteroatoms. The fourth-order valence-electron chi connectivity index (χ4n) is 4.89. The van der Waals surface area contributed by atoms with Gasteiger partial charge in [0.05, 0.1) is 25.2 Å². The predicted molar refractivity (Wildman–Crippen MR) is 145 cm³/mol. The van der Waals surface area contributed by atoms with Gasteiger partial charge in [0.2, 0.25) is 15.9 Å². The van der Waals surface area contributed by atoms with Crippen LogP contribution in [0.4, 0.5) is 0 Å². The highest BCUT2D eigenvalue weighted by atomic mass is 32.2. The predicted octanol–water partition coefficient (Wildman–Crippen LogP) is 2.97. The Morgan fingerprint density at radius 3 is 2.45 bits per heavy atom. The second kappa shape index (κ2) is 12.1. The summed E-state index contributed by atoms with van der Waals surface area (Å²) in [5, 5.41) is 0. The number of sulfonamides is 1. The third-order valence-corrected chi connectivity index (χ3v) is 9.16. The highest BCUT2D eigenvalue weighted by Gasteiger charge is 2.26. The summed E-state index contributed by atoms with van der Waals surface area (Å²) in [6, 6.07) is 11.7. The van der Waals surface area contributed by atoms with Crippen molar-refractivity contribution in [2.24, 2.45) is 0 Å². The zero-order valence-corrected chi connectivity index (χ0v) is 23.3. The van der Waals surface area contributed by atoms with Gasteiger partial charge in [-0.25, -0.2) is 8.42 Å². The summed E-state index contributed by atoms with van der Waals surface area (Å²) in [5.74, 6) is 0.526. The van der Waals surface area contributed by atoms with Gasteiger partial charge in [-0.2, -0.15) is 4.31 Å². The number of aromatic nitrogens is 2. The molecule has 1 aromatic carbocycles. The normalized spacial score (nSPS) is 13.6. The minimum Gasteiger partial charge on any atom is -0.497 e. The number of aryl methyl sites for hydroxylation is 4. The molecule has 0 unspecified atom stereocenters. The summed E-state index contributed by atoms with van der Waals surface area (Å²) in [7, 11) is -0.628. The summed E-state index contributed by atoms with van der Waals surface area (Å²) in [6.07, 6.45) is 5.51. The highest BCUT2D eigenvalue weighted by Crippen LogP contribution is 2.27. The van der Waals surface area contributed by atoms with Crippen molar-refractivity contribution in [1.82, 2.24) is 18.8 Å². The lowest BCUT2D eigenvalue weighted by Gasteiger charge is -2.30. The minimum atomic E-state index is -3.70. The van der Waals surface area contributed by atoms with E-state index in [0.717, 1.165) is 25.1 Å². The van der Waals surface area contributed by atoms with E-state index in [1.165, 1.54) is 22.6 Å². The Hall–Kier alpha value is -3.21. The molecule has 38 heavy (non-hydrogen) atoms. The molecule has 9 nitrogen and oxygen atoms in total. The quantitative estimate of drug-likeness (QED) is 0.347. The summed E-state index contributed by atoms with van der Waals surface area (Å²) < 4.78 is 40.7. The molecular weight excluding hydrogens is 504 g/mol. The van der Waals surface area contributed by atoms with Crippen LogP contribution in [-0.2, 0) is 45.5 Å². The van der Waals surface area contributed by atoms with Crippen molar-refractivity contribution in [1.29, 1.82) is 0 Å². The first-order valence-electron chi connectivity index (χ1n) is 12.7. The van der Waals surface area contributed by atoms with Crippen molar-refractivity contribution >= 4 is 15.9 Å². The van der Waals surface area contributed by atoms with Crippen molar-refractivity contribution < 1.29 is 22.7 Å². The van der Waals surface area contributed by atoms with Crippen LogP contribution in [0, 0.1) is 13.8 Å². The molecule has 0 aliphatic carbocycles. The molecule has 0 saturated carbocycles. The third-order valence-electron chi connectivity index (χ3n) is 6.99. The van der Waals surface area contributed by atoms with Crippen LogP contribution in [0.15, 0.2) is 53.7 Å². The summed E-state index contributed by atoms with van der Waals surface area (Å²) in [6.45, 7) is 5.61. The van der Waals surface area contributed by atoms with E-state index in [1.54, 1.807) is 38.0 Å². The van der Waals surface area contributed by atoms with Crippen LogP contribution < -0.4 is 4.74 Å². The number of carbonyl (C=O) groups is 1. The number of fused-ring (bicyclic) bond motifs is 1. The number of methoxy groups -OCH3 is 1. The number of pyridine rings is 1. The largest absolute Gasteiger partial charge is 0.497 e. The Morgan fingerprint density at radius 1 is 1.05 bits per heavy atom. The van der Waals surface area contributed by atoms with Gasteiger partial charge in [0, 0.05) is 50.5 Å². The Morgan fingerprint density at radius 2 is 1.76 bits per heavy atom. The number of hydrogen-bond donors (Lipinski definition) is 0. The number of benzene rings is 1. The first-order chi connectivity index (χ1) is 18.2. The van der Waals surface area contributed by atoms with Crippen LogP contribution >= 0.6 is 0 Å². The zero-order chi connectivity index (χ0) is 27.3. The molecule has 0 spiro atoms. The van der Waals surface area contributed by atoms with E-state index < -0.39 is 10.0 Å². The Kier molecular flexibility index (Phi) is 8.86. The molecule has 0 fully saturated rings. The maximum absolute atomic E-state index is 13.1. The van der Waals surface area contributed by atoms with E-state index >= 15 is 0 Å². The average molecular weight is 541 g/mol. The number of carbonyl (C=O) groups excluding carboxylic acids is 1. The number of nitrogens with zero attached hydrogens (tertiary/aromatic N) is 4. The number of ether oxygens (including phenoxy) is 2. The summed E-state index contributed by atoms with van der Waals surface area (Å²) >= 11 is 0. The van der Waals surface area contributed by atoms with Crippen LogP contribution in [0.1, 0.15) is 28.1 Å². The topological polar surface area (TPSA) is 94.0 Å². The van der Waals surface area contributed by atoms with Gasteiger partial charge in [0.25, 0.3) is 0 Å². The summed E-state index contributed by atoms with van der Waals surface area (Å²) in [4.78, 5) is 18.9. The van der Waals surface area contributed by atoms with E-state index in [-0.39, 0.29) is 30.6 Å². The lowest BCUT2D eigenvalue weighted by Crippen LogP contribution is -2.40. The fourth-order valence-corrected chi connectivity index (χ4v) is 6.44. The van der Waals surface area contributed by atoms with E-state index in [4.69, 9.17) is 9.47 Å². The van der Waals surface area contributed by atoms with Crippen molar-refractivity contribution in [2.45, 2.75) is 44.7 Å². The molecular formula is C28H36N4O5S. The molecule has 2 aromatic heterocycles. The monoisotopic (exact) mass is 540 g/mol. The summed E-state index contributed by atoms with van der Waals surface area (Å²) in [5.41, 5.74) is 4.89. The van der Waals surface area contributed by atoms with Crippen LogP contribution in [-0.4, -0.2) is 73.5 Å². The van der Waals surface area contributed by atoms with Crippen molar-refractivity contribution in [3.63, 3.8) is 0 Å². The third kappa shape index (κ3) is 6.25. The minimum absolute atomic E-state index is 0.0793. The van der Waals surface area contributed by atoms with Gasteiger partial charge in [-0.05, 0) is 79.8 Å². The maximum atomic E-state index is 13.1. The Bertz CT molecular complexity index is 1350. The van der Waals surface area contributed by atoms with Crippen molar-refractivity contribution in [2.75, 3.05) is 40.5 Å². The average Bonchev–Trinajstić information content (AvgIpc) is 3.31. The van der Waals surface area contributed by atoms with E-state index in [2.05, 4.69) is 21.7 Å². The number of likely N-dealkylation sites (N-methyl/N-ethyl adjacent to an activating group) is 1. The van der Waals surface area contributed by atoms with E-state index in [0.29, 0.717) is 30.0 Å². The Labute approximate surface area is 225 Å². The van der Waals surface area contributed by atoms with Crippen molar-refractivity contribution in [3.8, 4) is 5.75 Å². The van der Waals surface area contributed by atoms with Gasteiger partial charge >= 0.3 is 0 Å². The van der Waals surface area contributed by atoms with E-state index in [1.807, 2.05) is 24.5 Å². The standard InChI is InChI=1S/C28H36N4O5S/c1-21-17-26(36-4)18-22(2)28(21)38(34,35)30(3)15-16-37-20-27(33)31-13-14-32-24(7-8-25(32)19-31)6-5-23-9-11-29-12-10-23/h7-12,17-18H,5-6,13-16,19-20H2,1-4H3. The molecule has 3 heterocycles. The molecule has 4 rings (SSSR count). The molecule has 1 aliphatic rings. The SMILES string of the molecule is COc1cc(C)c(S(=O)(=O)N(C)CCOCC(=O)N2CCn3c(CCc4ccncc4)ccc3C2)c(C)c1. The number of amides is 1. The smallest absolute Gasteiger partial charge is 0.248 e. The van der Waals surface area contributed by atoms with Crippen LogP contribution in [0.2, 0.25) is 0 Å². The van der Waals surface area contributed by atoms with Gasteiger partial charge in [-0.3, -0.25) is 9.78 Å². The van der Waals surface area contributed by atoms with Gasteiger partial charge in [0.1, 0.15) is 12.4 Å². The van der Waals surface area contributed by atoms with Gasteiger partial charge in [0.15, 0.2) is 0 Å². The molecule has 0 saturated heterocycles. The molecule has 0 radical (unpaired) electrons. The highest BCUT2D eigenvalue weighted by molar-refractivity contribution is 7.89. The zero-order valence-electron chi connectivity index (χ0n) is 22.5. The molecule has 204 valence electrons. The number of rotatable bonds is 11. The van der Waals surface area contributed by atoms with Crippen molar-refractivity contribution in [3.05, 3.63) is 76.9 Å². The molecule has 0 N–H and O–H groups in total. The van der Waals surface area contributed by atoms with Gasteiger partial charge in [-0.15, -0.1) is 0 Å². The Balaban J connectivity index is 1.25. The second-order valence-electron chi connectivity index (χ2n) is 9.61. The second-order valence-corrected chi connectivity index (χ2v) is 11.6. The first kappa shape index (κ1) is 27.8. The van der Waals surface area contributed by atoms with E-state index in [9.17, 15) is 13.2 Å². The van der Waals surface area contributed by atoms with Crippen LogP contribution in [0.5, 0.6) is 5.75 Å². The first-order valence-corrected chi connectivity index (χ1v) is 14.2. The van der Waals surface area contributed by atoms with Gasteiger partial charge < -0.3 is 18.9 Å². The lowest BCUT2D eigenvalue weighted by molar-refractivity contribution is -0.137. The fraction of sp³-hybridized carbons (Fsp3) is 0.429. The maximum Gasteiger partial charge on any atom is 0.248 e. The van der Waals surface area contributed by atoms with Crippen LogP contribution in [0.3, 0.4) is 0 Å². The van der Waals surface area contributed by atoms with Gasteiger partial charge in [-0.1, -0.05) is 0 Å². The number of hydrogen-bond acceptors (Lipinski definition) is 6. The lowest BCUT2D eigenvalue weighted by atomic mass is 10.1. The molecule has 3 aromatic rings.